The van der Waals surface area contributed by atoms with Gasteiger partial charge >= 0.3 is 0 Å². The minimum absolute atomic E-state index is 0.276. The Morgan fingerprint density at radius 2 is 1.53 bits per heavy atom. The Bertz CT molecular complexity index is 1070. The molecule has 1 heterocycles. The fourth-order valence-electron chi connectivity index (χ4n) is 4.92. The summed E-state index contributed by atoms with van der Waals surface area (Å²) < 4.78 is 1.46. The molecule has 1 aromatic heterocycles. The number of hydrogen-bond acceptors (Lipinski definition) is 4. The highest BCUT2D eigenvalue weighted by atomic mass is 16.3. The molecule has 6 heteroatoms. The summed E-state index contributed by atoms with van der Waals surface area (Å²) in [6.45, 7) is 8.02. The van der Waals surface area contributed by atoms with Gasteiger partial charge in [0.1, 0.15) is 0 Å². The maximum Gasteiger partial charge on any atom is 0.274 e. The highest BCUT2D eigenvalue weighted by Gasteiger charge is 2.41. The molecule has 1 aliphatic rings. The lowest BCUT2D eigenvalue weighted by Crippen LogP contribution is -2.64. The summed E-state index contributed by atoms with van der Waals surface area (Å²) >= 11 is 0. The second-order valence-electron chi connectivity index (χ2n) is 8.47. The first kappa shape index (κ1) is 22.4. The van der Waals surface area contributed by atoms with Gasteiger partial charge in [0.15, 0.2) is 0 Å². The van der Waals surface area contributed by atoms with Crippen molar-refractivity contribution in [3.63, 3.8) is 0 Å². The summed E-state index contributed by atoms with van der Waals surface area (Å²) in [5.41, 5.74) is 3.37. The summed E-state index contributed by atoms with van der Waals surface area (Å²) in [6.07, 6.45) is -0.804. The van der Waals surface area contributed by atoms with E-state index in [1.807, 2.05) is 61.5 Å². The molecule has 3 aromatic rings. The molecule has 0 bridgehead atoms. The molecular weight excluding hydrogens is 402 g/mol. The molecule has 1 saturated carbocycles. The van der Waals surface area contributed by atoms with Crippen molar-refractivity contribution in [3.8, 4) is 5.69 Å². The van der Waals surface area contributed by atoms with Crippen molar-refractivity contribution < 1.29 is 10.2 Å². The van der Waals surface area contributed by atoms with Crippen LogP contribution in [-0.2, 0) is 6.42 Å². The lowest BCUT2D eigenvalue weighted by molar-refractivity contribution is -0.536. The molecule has 0 spiro atoms. The molecule has 4 rings (SSSR count). The summed E-state index contributed by atoms with van der Waals surface area (Å²) in [6, 6.07) is 17.0. The molecule has 1 N–H and O–H groups in total. The van der Waals surface area contributed by atoms with Gasteiger partial charge in [0.2, 0.25) is 0 Å². The number of aromatic amines is 1. The SMILES string of the molecule is CCCc1[nH]n(-c2ccccc2)c(=O)c1C1C([O-])C(c2ccc(N(CC)CC)cc2)C1[O-]. The third-order valence-electron chi connectivity index (χ3n) is 6.68. The first-order valence-electron chi connectivity index (χ1n) is 11.6. The zero-order chi connectivity index (χ0) is 22.8. The van der Waals surface area contributed by atoms with E-state index in [4.69, 9.17) is 0 Å². The van der Waals surface area contributed by atoms with E-state index in [-0.39, 0.29) is 5.56 Å². The van der Waals surface area contributed by atoms with Gasteiger partial charge < -0.3 is 15.1 Å². The first-order chi connectivity index (χ1) is 15.5. The van der Waals surface area contributed by atoms with Gasteiger partial charge in [-0.05, 0) is 61.9 Å². The normalized spacial score (nSPS) is 22.5. The van der Waals surface area contributed by atoms with Crippen molar-refractivity contribution in [3.05, 3.63) is 81.8 Å². The Labute approximate surface area is 189 Å². The maximum atomic E-state index is 13.3. The Morgan fingerprint density at radius 3 is 2.09 bits per heavy atom. The largest absolute Gasteiger partial charge is 0.851 e. The molecule has 0 amide bonds. The number of hydrogen-bond donors (Lipinski definition) is 1. The van der Waals surface area contributed by atoms with Gasteiger partial charge in [-0.15, -0.1) is 12.2 Å². The number of nitrogens with one attached hydrogen (secondary N) is 1. The summed E-state index contributed by atoms with van der Waals surface area (Å²) in [5, 5.41) is 29.7. The van der Waals surface area contributed by atoms with Crippen LogP contribution in [-0.4, -0.2) is 35.1 Å². The van der Waals surface area contributed by atoms with Crippen LogP contribution >= 0.6 is 0 Å². The van der Waals surface area contributed by atoms with Crippen LogP contribution in [0.15, 0.2) is 59.4 Å². The van der Waals surface area contributed by atoms with Gasteiger partial charge in [-0.1, -0.05) is 43.7 Å². The van der Waals surface area contributed by atoms with Crippen molar-refractivity contribution >= 4 is 5.69 Å². The van der Waals surface area contributed by atoms with E-state index in [9.17, 15) is 15.0 Å². The lowest BCUT2D eigenvalue weighted by atomic mass is 9.63. The van der Waals surface area contributed by atoms with Crippen molar-refractivity contribution in [2.24, 2.45) is 0 Å². The average Bonchev–Trinajstić information content (AvgIpc) is 3.12. The van der Waals surface area contributed by atoms with Crippen LogP contribution in [0.5, 0.6) is 0 Å². The third-order valence-corrected chi connectivity index (χ3v) is 6.68. The van der Waals surface area contributed by atoms with Gasteiger partial charge in [0.05, 0.1) is 5.69 Å². The van der Waals surface area contributed by atoms with Gasteiger partial charge in [-0.3, -0.25) is 9.89 Å². The minimum Gasteiger partial charge on any atom is -0.851 e. The number of aryl methyl sites for hydroxylation is 1. The maximum absolute atomic E-state index is 13.3. The molecule has 1 aliphatic carbocycles. The number of nitrogens with zero attached hydrogens (tertiary/aromatic N) is 2. The van der Waals surface area contributed by atoms with E-state index in [0.29, 0.717) is 23.4 Å². The van der Waals surface area contributed by atoms with Crippen LogP contribution in [0.4, 0.5) is 5.69 Å². The van der Waals surface area contributed by atoms with E-state index < -0.39 is 24.0 Å². The van der Waals surface area contributed by atoms with Crippen molar-refractivity contribution in [2.75, 3.05) is 18.0 Å². The van der Waals surface area contributed by atoms with Gasteiger partial charge in [-0.2, -0.15) is 0 Å². The lowest BCUT2D eigenvalue weighted by Gasteiger charge is -2.61. The molecule has 2 unspecified atom stereocenters. The number of benzene rings is 2. The molecule has 0 radical (unpaired) electrons. The van der Waals surface area contributed by atoms with Crippen LogP contribution in [0.2, 0.25) is 0 Å². The van der Waals surface area contributed by atoms with Crippen LogP contribution in [0.3, 0.4) is 0 Å². The molecular formula is C26H31N3O3-2. The van der Waals surface area contributed by atoms with Gasteiger partial charge in [-0.25, -0.2) is 4.68 Å². The second-order valence-corrected chi connectivity index (χ2v) is 8.47. The van der Waals surface area contributed by atoms with Crippen LogP contribution in [0.1, 0.15) is 55.8 Å². The molecule has 0 aliphatic heterocycles. The number of para-hydroxylation sites is 1. The van der Waals surface area contributed by atoms with Crippen LogP contribution in [0, 0.1) is 0 Å². The zero-order valence-electron chi connectivity index (χ0n) is 19.0. The Kier molecular flexibility index (Phi) is 6.53. The summed E-state index contributed by atoms with van der Waals surface area (Å²) in [4.78, 5) is 15.5. The average molecular weight is 434 g/mol. The Hall–Kier alpha value is -2.83. The fraction of sp³-hybridized carbons (Fsp3) is 0.423. The molecule has 170 valence electrons. The smallest absolute Gasteiger partial charge is 0.274 e. The number of aromatic nitrogens is 2. The molecule has 2 aromatic carbocycles. The topological polar surface area (TPSA) is 87.1 Å². The highest BCUT2D eigenvalue weighted by molar-refractivity contribution is 5.49. The minimum atomic E-state index is -1.12. The zero-order valence-corrected chi connectivity index (χ0v) is 19.0. The molecule has 6 nitrogen and oxygen atoms in total. The Balaban J connectivity index is 1.64. The van der Waals surface area contributed by atoms with Crippen molar-refractivity contribution in [1.82, 2.24) is 9.78 Å². The van der Waals surface area contributed by atoms with Gasteiger partial charge in [0, 0.05) is 30.0 Å². The Morgan fingerprint density at radius 1 is 0.906 bits per heavy atom. The predicted octanol–water partition coefficient (Wildman–Crippen LogP) is 2.30. The van der Waals surface area contributed by atoms with E-state index in [0.717, 1.165) is 30.8 Å². The van der Waals surface area contributed by atoms with Gasteiger partial charge in [0.25, 0.3) is 5.56 Å². The van der Waals surface area contributed by atoms with Crippen LogP contribution < -0.4 is 20.7 Å². The first-order valence-corrected chi connectivity index (χ1v) is 11.6. The number of H-pyrrole nitrogens is 1. The van der Waals surface area contributed by atoms with Crippen molar-refractivity contribution in [2.45, 2.75) is 57.7 Å². The predicted molar refractivity (Wildman–Crippen MR) is 123 cm³/mol. The molecule has 2 atom stereocenters. The summed E-state index contributed by atoms with van der Waals surface area (Å²) in [7, 11) is 0. The van der Waals surface area contributed by atoms with Crippen molar-refractivity contribution in [1.29, 1.82) is 0 Å². The molecule has 32 heavy (non-hydrogen) atoms. The standard InChI is InChI=1S/C26H31N3O3/c1-4-10-20-22(26(32)29(27-20)19-11-8-7-9-12-19)23-24(30)21(25(23)31)17-13-15-18(16-14-17)28(5-2)6-3/h7-9,11-16,21,23-25,27H,4-6,10H2,1-3H3/q-2. The number of anilines is 1. The van der Waals surface area contributed by atoms with E-state index in [2.05, 4.69) is 23.8 Å². The summed E-state index contributed by atoms with van der Waals surface area (Å²) in [5.74, 6) is -1.45. The van der Waals surface area contributed by atoms with E-state index in [1.54, 1.807) is 0 Å². The number of rotatable bonds is 8. The second kappa shape index (κ2) is 9.35. The third kappa shape index (κ3) is 3.78. The molecule has 1 fully saturated rings. The highest BCUT2D eigenvalue weighted by Crippen LogP contribution is 2.45. The molecule has 0 saturated heterocycles. The van der Waals surface area contributed by atoms with Crippen LogP contribution in [0.25, 0.3) is 5.69 Å². The quantitative estimate of drug-likeness (QED) is 0.591. The van der Waals surface area contributed by atoms with E-state index >= 15 is 0 Å². The fourth-order valence-corrected chi connectivity index (χ4v) is 4.92. The monoisotopic (exact) mass is 433 g/mol. The van der Waals surface area contributed by atoms with E-state index in [1.165, 1.54) is 4.68 Å².